The number of rotatable bonds is 2. The van der Waals surface area contributed by atoms with Crippen molar-refractivity contribution >= 4 is 23.0 Å². The van der Waals surface area contributed by atoms with Gasteiger partial charge in [-0.3, -0.25) is 4.79 Å². The molecule has 0 unspecified atom stereocenters. The van der Waals surface area contributed by atoms with E-state index in [0.29, 0.717) is 50.2 Å². The van der Waals surface area contributed by atoms with Gasteiger partial charge in [0.2, 0.25) is 0 Å². The van der Waals surface area contributed by atoms with Crippen LogP contribution in [0, 0.1) is 0 Å². The third-order valence-electron chi connectivity index (χ3n) is 4.18. The molecule has 1 saturated heterocycles. The first-order valence-electron chi connectivity index (χ1n) is 8.34. The molecule has 1 aromatic heterocycles. The van der Waals surface area contributed by atoms with Gasteiger partial charge in [-0.1, -0.05) is 18.2 Å². The Labute approximate surface area is 144 Å². The van der Waals surface area contributed by atoms with Crippen LogP contribution in [0.5, 0.6) is 0 Å². The Morgan fingerprint density at radius 2 is 1.84 bits per heavy atom. The molecule has 1 aromatic carbocycles. The molecule has 7 heteroatoms. The minimum atomic E-state index is -0.643. The van der Waals surface area contributed by atoms with Crippen molar-refractivity contribution in [3.63, 3.8) is 0 Å². The Kier molecular flexibility index (Phi) is 5.02. The zero-order chi connectivity index (χ0) is 17.8. The number of hydrogen-bond donors (Lipinski definition) is 0. The summed E-state index contributed by atoms with van der Waals surface area (Å²) in [5.41, 5.74) is -0.174. The number of amides is 2. The van der Waals surface area contributed by atoms with Gasteiger partial charge in [-0.05, 0) is 25.5 Å². The van der Waals surface area contributed by atoms with Gasteiger partial charge in [-0.25, -0.2) is 9.59 Å². The maximum Gasteiger partial charge on any atom is 0.409 e. The Morgan fingerprint density at radius 3 is 2.64 bits per heavy atom. The highest BCUT2D eigenvalue weighted by molar-refractivity contribution is 5.96. The normalized spacial score (nSPS) is 15.1. The first-order valence-corrected chi connectivity index (χ1v) is 8.34. The lowest BCUT2D eigenvalue weighted by Gasteiger charge is -2.21. The summed E-state index contributed by atoms with van der Waals surface area (Å²) >= 11 is 0. The van der Waals surface area contributed by atoms with Crippen LogP contribution in [-0.2, 0) is 4.74 Å². The standard InChI is InChI=1S/C18H20N2O5/c1-2-24-18(23)20-9-5-8-19(10-11-20)16(21)14-12-13-6-3-4-7-15(13)25-17(14)22/h3-4,6-7,12H,2,5,8-11H2,1H3. The van der Waals surface area contributed by atoms with Crippen molar-refractivity contribution < 1.29 is 18.7 Å². The molecular formula is C18H20N2O5. The molecule has 3 rings (SSSR count). The fourth-order valence-corrected chi connectivity index (χ4v) is 2.90. The summed E-state index contributed by atoms with van der Waals surface area (Å²) < 4.78 is 10.2. The molecule has 2 heterocycles. The third-order valence-corrected chi connectivity index (χ3v) is 4.18. The molecule has 0 spiro atoms. The van der Waals surface area contributed by atoms with Crippen molar-refractivity contribution in [3.05, 3.63) is 46.3 Å². The molecule has 0 N–H and O–H groups in total. The molecule has 0 atom stereocenters. The Bertz CT molecular complexity index is 845. The second-order valence-electron chi connectivity index (χ2n) is 5.82. The van der Waals surface area contributed by atoms with Crippen LogP contribution in [0.3, 0.4) is 0 Å². The van der Waals surface area contributed by atoms with Gasteiger partial charge in [-0.2, -0.15) is 0 Å². The van der Waals surface area contributed by atoms with Crippen molar-refractivity contribution in [1.29, 1.82) is 0 Å². The van der Waals surface area contributed by atoms with Gasteiger partial charge < -0.3 is 19.0 Å². The number of para-hydroxylation sites is 1. The summed E-state index contributed by atoms with van der Waals surface area (Å²) in [6.07, 6.45) is 0.255. The Balaban J connectivity index is 1.78. The van der Waals surface area contributed by atoms with E-state index < -0.39 is 5.63 Å². The summed E-state index contributed by atoms with van der Waals surface area (Å²) in [6, 6.07) is 8.64. The largest absolute Gasteiger partial charge is 0.450 e. The van der Waals surface area contributed by atoms with Crippen LogP contribution in [0.25, 0.3) is 11.0 Å². The Hall–Kier alpha value is -2.83. The van der Waals surface area contributed by atoms with Crippen LogP contribution in [0.4, 0.5) is 4.79 Å². The average molecular weight is 344 g/mol. The quantitative estimate of drug-likeness (QED) is 0.780. The summed E-state index contributed by atoms with van der Waals surface area (Å²) in [5, 5.41) is 0.702. The van der Waals surface area contributed by atoms with Crippen LogP contribution in [0.2, 0.25) is 0 Å². The monoisotopic (exact) mass is 344 g/mol. The summed E-state index contributed by atoms with van der Waals surface area (Å²) in [5.74, 6) is -0.370. The molecule has 0 aliphatic carbocycles. The van der Waals surface area contributed by atoms with E-state index in [4.69, 9.17) is 9.15 Å². The van der Waals surface area contributed by atoms with E-state index in [1.807, 2.05) is 6.07 Å². The van der Waals surface area contributed by atoms with E-state index >= 15 is 0 Å². The second-order valence-corrected chi connectivity index (χ2v) is 5.82. The molecule has 2 amide bonds. The van der Waals surface area contributed by atoms with Crippen molar-refractivity contribution in [2.45, 2.75) is 13.3 Å². The Morgan fingerprint density at radius 1 is 1.12 bits per heavy atom. The lowest BCUT2D eigenvalue weighted by molar-refractivity contribution is 0.0749. The van der Waals surface area contributed by atoms with Gasteiger partial charge >= 0.3 is 11.7 Å². The van der Waals surface area contributed by atoms with E-state index in [0.717, 1.165) is 0 Å². The average Bonchev–Trinajstić information content (AvgIpc) is 2.87. The van der Waals surface area contributed by atoms with Crippen LogP contribution in [0.1, 0.15) is 23.7 Å². The minimum absolute atomic E-state index is 0.0169. The van der Waals surface area contributed by atoms with Crippen LogP contribution in [-0.4, -0.2) is 54.6 Å². The molecule has 25 heavy (non-hydrogen) atoms. The number of carbonyl (C=O) groups is 2. The number of ether oxygens (including phenoxy) is 1. The van der Waals surface area contributed by atoms with Crippen LogP contribution in [0.15, 0.2) is 39.5 Å². The maximum atomic E-state index is 12.8. The van der Waals surface area contributed by atoms with Gasteiger partial charge in [0.25, 0.3) is 5.91 Å². The molecule has 0 saturated carbocycles. The first kappa shape index (κ1) is 17.0. The lowest BCUT2D eigenvalue weighted by Crippen LogP contribution is -2.38. The van der Waals surface area contributed by atoms with E-state index in [9.17, 15) is 14.4 Å². The van der Waals surface area contributed by atoms with Crippen molar-refractivity contribution in [2.75, 3.05) is 32.8 Å². The second kappa shape index (κ2) is 7.38. The fourth-order valence-electron chi connectivity index (χ4n) is 2.90. The number of nitrogens with zero attached hydrogens (tertiary/aromatic N) is 2. The van der Waals surface area contributed by atoms with Gasteiger partial charge in [0.15, 0.2) is 0 Å². The van der Waals surface area contributed by atoms with Crippen LogP contribution < -0.4 is 5.63 Å². The first-order chi connectivity index (χ1) is 12.1. The zero-order valence-corrected chi connectivity index (χ0v) is 14.1. The SMILES string of the molecule is CCOC(=O)N1CCCN(C(=O)c2cc3ccccc3oc2=O)CC1. The molecule has 0 radical (unpaired) electrons. The smallest absolute Gasteiger partial charge is 0.409 e. The van der Waals surface area contributed by atoms with Crippen molar-refractivity contribution in [1.82, 2.24) is 9.80 Å². The van der Waals surface area contributed by atoms with E-state index in [1.165, 1.54) is 0 Å². The summed E-state index contributed by atoms with van der Waals surface area (Å²) in [4.78, 5) is 39.9. The number of benzene rings is 1. The molecule has 1 fully saturated rings. The highest BCUT2D eigenvalue weighted by atomic mass is 16.6. The van der Waals surface area contributed by atoms with Crippen molar-refractivity contribution in [2.24, 2.45) is 0 Å². The highest BCUT2D eigenvalue weighted by Crippen LogP contribution is 2.15. The number of fused-ring (bicyclic) bond motifs is 1. The number of hydrogen-bond acceptors (Lipinski definition) is 5. The molecular weight excluding hydrogens is 324 g/mol. The number of carbonyl (C=O) groups excluding carboxylic acids is 2. The zero-order valence-electron chi connectivity index (χ0n) is 14.1. The van der Waals surface area contributed by atoms with Gasteiger partial charge in [0.1, 0.15) is 11.1 Å². The van der Waals surface area contributed by atoms with E-state index in [1.54, 1.807) is 41.0 Å². The minimum Gasteiger partial charge on any atom is -0.450 e. The molecule has 7 nitrogen and oxygen atoms in total. The molecule has 2 aromatic rings. The summed E-state index contributed by atoms with van der Waals surface area (Å²) in [6.45, 7) is 3.80. The molecule has 1 aliphatic rings. The summed E-state index contributed by atoms with van der Waals surface area (Å²) in [7, 11) is 0. The predicted molar refractivity (Wildman–Crippen MR) is 91.6 cm³/mol. The highest BCUT2D eigenvalue weighted by Gasteiger charge is 2.25. The predicted octanol–water partition coefficient (Wildman–Crippen LogP) is 2.10. The third kappa shape index (κ3) is 3.65. The van der Waals surface area contributed by atoms with Gasteiger partial charge in [0.05, 0.1) is 6.61 Å². The van der Waals surface area contributed by atoms with E-state index in [-0.39, 0.29) is 17.6 Å². The topological polar surface area (TPSA) is 80.1 Å². The maximum absolute atomic E-state index is 12.8. The molecule has 1 aliphatic heterocycles. The van der Waals surface area contributed by atoms with Gasteiger partial charge in [-0.15, -0.1) is 0 Å². The van der Waals surface area contributed by atoms with Gasteiger partial charge in [0, 0.05) is 31.6 Å². The lowest BCUT2D eigenvalue weighted by atomic mass is 10.1. The fraction of sp³-hybridized carbons (Fsp3) is 0.389. The van der Waals surface area contributed by atoms with E-state index in [2.05, 4.69) is 0 Å². The molecule has 132 valence electrons. The molecule has 0 bridgehead atoms. The van der Waals surface area contributed by atoms with Crippen molar-refractivity contribution in [3.8, 4) is 0 Å². The van der Waals surface area contributed by atoms with Crippen LogP contribution >= 0.6 is 0 Å².